The first-order valence-electron chi connectivity index (χ1n) is 6.37. The van der Waals surface area contributed by atoms with Gasteiger partial charge in [0, 0.05) is 12.6 Å². The van der Waals surface area contributed by atoms with Crippen molar-refractivity contribution < 1.29 is 27.4 Å². The second-order valence-electron chi connectivity index (χ2n) is 4.27. The van der Waals surface area contributed by atoms with E-state index in [1.165, 1.54) is 7.11 Å². The number of aliphatic carboxylic acids is 1. The number of benzene rings is 1. The molecule has 1 unspecified atom stereocenters. The van der Waals surface area contributed by atoms with E-state index in [2.05, 4.69) is 0 Å². The molecule has 1 atom stereocenters. The Bertz CT molecular complexity index is 617. The maximum Gasteiger partial charge on any atom is 0.322 e. The molecule has 0 saturated heterocycles. The molecule has 0 saturated carbocycles. The molecule has 0 aliphatic carbocycles. The molecule has 0 aromatic heterocycles. The lowest BCUT2D eigenvalue weighted by Crippen LogP contribution is -2.44. The van der Waals surface area contributed by atoms with Gasteiger partial charge in [0.15, 0.2) is 0 Å². The minimum atomic E-state index is -4.11. The summed E-state index contributed by atoms with van der Waals surface area (Å²) in [5.41, 5.74) is 0. The molecule has 1 rings (SSSR count). The number of ether oxygens (including phenoxy) is 1. The summed E-state index contributed by atoms with van der Waals surface area (Å²) in [6.45, 7) is 3.10. The van der Waals surface area contributed by atoms with Gasteiger partial charge in [-0.15, -0.1) is 0 Å². The van der Waals surface area contributed by atoms with Crippen LogP contribution in [0, 0.1) is 5.82 Å². The van der Waals surface area contributed by atoms with E-state index in [-0.39, 0.29) is 23.6 Å². The molecule has 0 fully saturated rings. The Balaban J connectivity index is 3.41. The number of carboxylic acids is 1. The molecular formula is C13H18FNO5S. The van der Waals surface area contributed by atoms with Gasteiger partial charge in [-0.05, 0) is 18.6 Å². The number of halogens is 1. The van der Waals surface area contributed by atoms with Crippen molar-refractivity contribution in [3.8, 4) is 5.75 Å². The van der Waals surface area contributed by atoms with Crippen molar-refractivity contribution in [2.75, 3.05) is 13.7 Å². The Hall–Kier alpha value is -1.67. The van der Waals surface area contributed by atoms with Gasteiger partial charge in [-0.25, -0.2) is 12.8 Å². The van der Waals surface area contributed by atoms with E-state index in [0.29, 0.717) is 0 Å². The van der Waals surface area contributed by atoms with Crippen LogP contribution in [0.5, 0.6) is 5.75 Å². The summed E-state index contributed by atoms with van der Waals surface area (Å²) in [6.07, 6.45) is 0.117. The number of hydrogen-bond donors (Lipinski definition) is 1. The quantitative estimate of drug-likeness (QED) is 0.827. The molecule has 0 aliphatic heterocycles. The Kier molecular flexibility index (Phi) is 5.68. The van der Waals surface area contributed by atoms with Gasteiger partial charge in [0.1, 0.15) is 22.5 Å². The van der Waals surface area contributed by atoms with Crippen LogP contribution in [0.2, 0.25) is 0 Å². The molecule has 0 bridgehead atoms. The number of carboxylic acid groups (broad SMARTS) is 1. The Labute approximate surface area is 123 Å². The highest BCUT2D eigenvalue weighted by molar-refractivity contribution is 7.89. The number of likely N-dealkylation sites (N-methyl/N-ethyl adjacent to an activating group) is 1. The van der Waals surface area contributed by atoms with Crippen molar-refractivity contribution in [1.82, 2.24) is 4.31 Å². The van der Waals surface area contributed by atoms with E-state index in [1.807, 2.05) is 0 Å². The van der Waals surface area contributed by atoms with Crippen LogP contribution in [0.1, 0.15) is 20.3 Å². The number of nitrogens with zero attached hydrogens (tertiary/aromatic N) is 1. The molecule has 0 radical (unpaired) electrons. The lowest BCUT2D eigenvalue weighted by Gasteiger charge is -2.26. The molecule has 8 heteroatoms. The molecule has 0 heterocycles. The second kappa shape index (κ2) is 6.86. The SMILES string of the molecule is CCC(C(=O)O)N(CC)S(=O)(=O)c1ccc(F)cc1OC. The summed E-state index contributed by atoms with van der Waals surface area (Å²) < 4.78 is 44.2. The number of methoxy groups -OCH3 is 1. The summed E-state index contributed by atoms with van der Waals surface area (Å²) in [5, 5.41) is 9.16. The van der Waals surface area contributed by atoms with Crippen LogP contribution in [0.4, 0.5) is 4.39 Å². The first-order chi connectivity index (χ1) is 9.79. The summed E-state index contributed by atoms with van der Waals surface area (Å²) in [5.74, 6) is -2.03. The minimum absolute atomic E-state index is 0.0202. The monoisotopic (exact) mass is 319 g/mol. The zero-order chi connectivity index (χ0) is 16.2. The van der Waals surface area contributed by atoms with Crippen molar-refractivity contribution in [2.45, 2.75) is 31.2 Å². The summed E-state index contributed by atoms with van der Waals surface area (Å²) >= 11 is 0. The number of rotatable bonds is 7. The highest BCUT2D eigenvalue weighted by atomic mass is 32.2. The summed E-state index contributed by atoms with van der Waals surface area (Å²) in [4.78, 5) is 11.0. The third kappa shape index (κ3) is 3.51. The largest absolute Gasteiger partial charge is 0.495 e. The van der Waals surface area contributed by atoms with E-state index < -0.39 is 27.9 Å². The molecule has 0 amide bonds. The van der Waals surface area contributed by atoms with Gasteiger partial charge >= 0.3 is 5.97 Å². The topological polar surface area (TPSA) is 83.9 Å². The van der Waals surface area contributed by atoms with Crippen LogP contribution in [0.25, 0.3) is 0 Å². The Morgan fingerprint density at radius 2 is 2.05 bits per heavy atom. The average molecular weight is 319 g/mol. The van der Waals surface area contributed by atoms with Gasteiger partial charge in [-0.2, -0.15) is 4.31 Å². The third-order valence-corrected chi connectivity index (χ3v) is 5.07. The van der Waals surface area contributed by atoms with Crippen LogP contribution in [0.15, 0.2) is 23.1 Å². The van der Waals surface area contributed by atoms with Gasteiger partial charge in [-0.1, -0.05) is 13.8 Å². The first kappa shape index (κ1) is 17.4. The van der Waals surface area contributed by atoms with Gasteiger partial charge < -0.3 is 9.84 Å². The molecular weight excluding hydrogens is 301 g/mol. The van der Waals surface area contributed by atoms with E-state index in [1.54, 1.807) is 13.8 Å². The molecule has 1 aromatic rings. The zero-order valence-corrected chi connectivity index (χ0v) is 12.9. The minimum Gasteiger partial charge on any atom is -0.495 e. The third-order valence-electron chi connectivity index (χ3n) is 3.04. The molecule has 0 spiro atoms. The fourth-order valence-corrected chi connectivity index (χ4v) is 3.84. The van der Waals surface area contributed by atoms with Crippen LogP contribution in [0.3, 0.4) is 0 Å². The number of sulfonamides is 1. The molecule has 1 N–H and O–H groups in total. The Morgan fingerprint density at radius 3 is 2.48 bits per heavy atom. The average Bonchev–Trinajstić information content (AvgIpc) is 2.43. The van der Waals surface area contributed by atoms with Crippen LogP contribution in [-0.4, -0.2) is 43.5 Å². The van der Waals surface area contributed by atoms with Gasteiger partial charge in [0.05, 0.1) is 7.11 Å². The van der Waals surface area contributed by atoms with E-state index in [4.69, 9.17) is 9.84 Å². The fourth-order valence-electron chi connectivity index (χ4n) is 2.04. The summed E-state index contributed by atoms with van der Waals surface area (Å²) in [7, 11) is -2.89. The number of carbonyl (C=O) groups is 1. The van der Waals surface area contributed by atoms with E-state index in [0.717, 1.165) is 22.5 Å². The highest BCUT2D eigenvalue weighted by Crippen LogP contribution is 2.29. The summed E-state index contributed by atoms with van der Waals surface area (Å²) in [6, 6.07) is 1.82. The molecule has 21 heavy (non-hydrogen) atoms. The van der Waals surface area contributed by atoms with Gasteiger partial charge in [-0.3, -0.25) is 4.79 Å². The normalized spacial score (nSPS) is 13.2. The van der Waals surface area contributed by atoms with Crippen LogP contribution in [-0.2, 0) is 14.8 Å². The maximum absolute atomic E-state index is 13.2. The fraction of sp³-hybridized carbons (Fsp3) is 0.462. The lowest BCUT2D eigenvalue weighted by molar-refractivity contribution is -0.141. The molecule has 0 aliphatic rings. The first-order valence-corrected chi connectivity index (χ1v) is 7.81. The van der Waals surface area contributed by atoms with E-state index >= 15 is 0 Å². The van der Waals surface area contributed by atoms with Crippen molar-refractivity contribution in [2.24, 2.45) is 0 Å². The van der Waals surface area contributed by atoms with E-state index in [9.17, 15) is 17.6 Å². The van der Waals surface area contributed by atoms with Crippen molar-refractivity contribution in [3.05, 3.63) is 24.0 Å². The van der Waals surface area contributed by atoms with Crippen molar-refractivity contribution in [1.29, 1.82) is 0 Å². The zero-order valence-electron chi connectivity index (χ0n) is 12.0. The molecule has 6 nitrogen and oxygen atoms in total. The van der Waals surface area contributed by atoms with Crippen molar-refractivity contribution in [3.63, 3.8) is 0 Å². The smallest absolute Gasteiger partial charge is 0.322 e. The standard InChI is InChI=1S/C13H18FNO5S/c1-4-10(13(16)17)15(5-2)21(18,19)12-7-6-9(14)8-11(12)20-3/h6-8,10H,4-5H2,1-3H3,(H,16,17). The maximum atomic E-state index is 13.2. The van der Waals surface area contributed by atoms with Crippen LogP contribution >= 0.6 is 0 Å². The van der Waals surface area contributed by atoms with Crippen molar-refractivity contribution >= 4 is 16.0 Å². The highest BCUT2D eigenvalue weighted by Gasteiger charge is 2.35. The predicted molar refractivity (Wildman–Crippen MR) is 74.2 cm³/mol. The predicted octanol–water partition coefficient (Wildman–Crippen LogP) is 1.71. The second-order valence-corrected chi connectivity index (χ2v) is 6.12. The van der Waals surface area contributed by atoms with Crippen LogP contribution < -0.4 is 4.74 Å². The Morgan fingerprint density at radius 1 is 1.43 bits per heavy atom. The van der Waals surface area contributed by atoms with Gasteiger partial charge in [0.25, 0.3) is 0 Å². The molecule has 1 aromatic carbocycles. The number of hydrogen-bond acceptors (Lipinski definition) is 4. The van der Waals surface area contributed by atoms with Gasteiger partial charge in [0.2, 0.25) is 10.0 Å². The lowest BCUT2D eigenvalue weighted by atomic mass is 10.2. The molecule has 118 valence electrons.